The van der Waals surface area contributed by atoms with Gasteiger partial charge in [-0.15, -0.1) is 23.5 Å². The zero-order chi connectivity index (χ0) is 12.7. The monoisotopic (exact) mass is 270 g/mol. The van der Waals surface area contributed by atoms with Crippen LogP contribution >= 0.6 is 23.5 Å². The lowest BCUT2D eigenvalue weighted by Crippen LogP contribution is -2.46. The third-order valence-electron chi connectivity index (χ3n) is 2.13. The average Bonchev–Trinajstić information content (AvgIpc) is 2.25. The second kappa shape index (κ2) is 8.60. The quantitative estimate of drug-likeness (QED) is 0.475. The summed E-state index contributed by atoms with van der Waals surface area (Å²) in [5.41, 5.74) is 0. The van der Waals surface area contributed by atoms with E-state index in [9.17, 15) is 15.3 Å². The molecule has 0 aliphatic carbocycles. The smallest absolute Gasteiger partial charge is 0.110 e. The Balaban J connectivity index is 4.40. The van der Waals surface area contributed by atoms with Crippen LogP contribution in [0.25, 0.3) is 0 Å². The normalized spacial score (nSPS) is 19.5. The van der Waals surface area contributed by atoms with Gasteiger partial charge in [0, 0.05) is 0 Å². The maximum Gasteiger partial charge on any atom is 0.110 e. The van der Waals surface area contributed by atoms with E-state index in [0.29, 0.717) is 0 Å². The van der Waals surface area contributed by atoms with Crippen molar-refractivity contribution < 1.29 is 20.4 Å². The van der Waals surface area contributed by atoms with Crippen molar-refractivity contribution in [3.8, 4) is 0 Å². The highest BCUT2D eigenvalue weighted by Gasteiger charge is 2.33. The minimum atomic E-state index is -1.32. The number of aliphatic hydroxyl groups excluding tert-OH is 4. The molecular formula is C10H22O4S2. The second-order valence-electron chi connectivity index (χ2n) is 3.49. The highest BCUT2D eigenvalue weighted by Crippen LogP contribution is 2.29. The van der Waals surface area contributed by atoms with Gasteiger partial charge in [-0.3, -0.25) is 0 Å². The number of thioether (sulfide) groups is 2. The largest absolute Gasteiger partial charge is 0.391 e. The minimum absolute atomic E-state index is 0.182. The van der Waals surface area contributed by atoms with Crippen molar-refractivity contribution >= 4 is 23.5 Å². The van der Waals surface area contributed by atoms with Crippen LogP contribution in [0.4, 0.5) is 0 Å². The van der Waals surface area contributed by atoms with Gasteiger partial charge in [-0.1, -0.05) is 13.8 Å². The molecule has 0 aliphatic heterocycles. The lowest BCUT2D eigenvalue weighted by Gasteiger charge is -2.29. The molecule has 0 heterocycles. The van der Waals surface area contributed by atoms with Crippen LogP contribution in [0, 0.1) is 0 Å². The molecule has 0 aromatic carbocycles. The Labute approximate surface area is 105 Å². The van der Waals surface area contributed by atoms with Crippen LogP contribution in [0.1, 0.15) is 20.8 Å². The topological polar surface area (TPSA) is 80.9 Å². The van der Waals surface area contributed by atoms with E-state index in [1.807, 2.05) is 13.8 Å². The Morgan fingerprint density at radius 2 is 1.25 bits per heavy atom. The van der Waals surface area contributed by atoms with Crippen molar-refractivity contribution in [3.05, 3.63) is 0 Å². The molecule has 0 aromatic heterocycles. The van der Waals surface area contributed by atoms with Crippen molar-refractivity contribution in [1.29, 1.82) is 0 Å². The van der Waals surface area contributed by atoms with E-state index < -0.39 is 24.4 Å². The summed E-state index contributed by atoms with van der Waals surface area (Å²) >= 11 is 3.05. The molecule has 0 amide bonds. The summed E-state index contributed by atoms with van der Waals surface area (Å²) in [4.78, 5) is 0. The van der Waals surface area contributed by atoms with Gasteiger partial charge in [0.25, 0.3) is 0 Å². The summed E-state index contributed by atoms with van der Waals surface area (Å²) in [7, 11) is 0. The zero-order valence-electron chi connectivity index (χ0n) is 9.91. The third-order valence-corrected chi connectivity index (χ3v) is 4.83. The first-order valence-corrected chi connectivity index (χ1v) is 7.50. The predicted octanol–water partition coefficient (Wildman–Crippen LogP) is 0.282. The first-order chi connectivity index (χ1) is 7.45. The standard InChI is InChI=1S/C10H22O4S2/c1-4-15-10(16-5-2)9(14)8(13)7(12)6(3)11/h6-14H,4-5H2,1-3H3/t6-,7-,8-,9-/m1/s1. The first-order valence-electron chi connectivity index (χ1n) is 5.41. The van der Waals surface area contributed by atoms with Crippen molar-refractivity contribution in [3.63, 3.8) is 0 Å². The minimum Gasteiger partial charge on any atom is -0.391 e. The van der Waals surface area contributed by atoms with Gasteiger partial charge in [-0.2, -0.15) is 0 Å². The van der Waals surface area contributed by atoms with Gasteiger partial charge in [-0.05, 0) is 18.4 Å². The summed E-state index contributed by atoms with van der Waals surface area (Å²) in [6.45, 7) is 5.33. The highest BCUT2D eigenvalue weighted by atomic mass is 32.2. The Morgan fingerprint density at radius 3 is 1.56 bits per heavy atom. The molecular weight excluding hydrogens is 248 g/mol. The molecule has 6 heteroatoms. The van der Waals surface area contributed by atoms with Gasteiger partial charge in [-0.25, -0.2) is 0 Å². The summed E-state index contributed by atoms with van der Waals surface area (Å²) in [5, 5.41) is 38.2. The predicted molar refractivity (Wildman–Crippen MR) is 69.8 cm³/mol. The lowest BCUT2D eigenvalue weighted by atomic mass is 10.1. The van der Waals surface area contributed by atoms with Gasteiger partial charge < -0.3 is 20.4 Å². The van der Waals surface area contributed by atoms with Crippen LogP contribution in [0.5, 0.6) is 0 Å². The molecule has 16 heavy (non-hydrogen) atoms. The fourth-order valence-corrected chi connectivity index (χ4v) is 3.80. The Hall–Kier alpha value is 0.540. The number of hydrogen-bond donors (Lipinski definition) is 4. The molecule has 0 aromatic rings. The van der Waals surface area contributed by atoms with E-state index in [0.717, 1.165) is 11.5 Å². The summed E-state index contributed by atoms with van der Waals surface area (Å²) < 4.78 is -0.182. The molecule has 4 N–H and O–H groups in total. The molecule has 0 saturated heterocycles. The Morgan fingerprint density at radius 1 is 0.812 bits per heavy atom. The van der Waals surface area contributed by atoms with Crippen molar-refractivity contribution in [2.24, 2.45) is 0 Å². The van der Waals surface area contributed by atoms with E-state index in [1.54, 1.807) is 0 Å². The Kier molecular flexibility index (Phi) is 8.90. The molecule has 98 valence electrons. The second-order valence-corrected chi connectivity index (χ2v) is 6.63. The fourth-order valence-electron chi connectivity index (χ4n) is 1.22. The molecule has 0 aliphatic rings. The van der Waals surface area contributed by atoms with Crippen LogP contribution in [0.3, 0.4) is 0 Å². The van der Waals surface area contributed by atoms with Crippen LogP contribution in [0.15, 0.2) is 0 Å². The molecule has 0 bridgehead atoms. The van der Waals surface area contributed by atoms with Crippen LogP contribution in [-0.4, -0.2) is 60.9 Å². The first kappa shape index (κ1) is 16.5. The van der Waals surface area contributed by atoms with E-state index in [-0.39, 0.29) is 4.58 Å². The van der Waals surface area contributed by atoms with Gasteiger partial charge in [0.15, 0.2) is 0 Å². The lowest BCUT2D eigenvalue weighted by molar-refractivity contribution is -0.0952. The molecule has 0 radical (unpaired) electrons. The number of aliphatic hydroxyl groups is 4. The fraction of sp³-hybridized carbons (Fsp3) is 1.00. The molecule has 0 saturated carbocycles. The third kappa shape index (κ3) is 5.25. The van der Waals surface area contributed by atoms with Crippen molar-refractivity contribution in [2.75, 3.05) is 11.5 Å². The molecule has 0 fully saturated rings. The molecule has 4 atom stereocenters. The van der Waals surface area contributed by atoms with Gasteiger partial charge in [0.1, 0.15) is 18.3 Å². The van der Waals surface area contributed by atoms with Gasteiger partial charge in [0.2, 0.25) is 0 Å². The number of hydrogen-bond acceptors (Lipinski definition) is 6. The summed E-state index contributed by atoms with van der Waals surface area (Å²) in [5.74, 6) is 1.65. The van der Waals surface area contributed by atoms with E-state index >= 15 is 0 Å². The van der Waals surface area contributed by atoms with Crippen molar-refractivity contribution in [1.82, 2.24) is 0 Å². The zero-order valence-corrected chi connectivity index (χ0v) is 11.5. The maximum absolute atomic E-state index is 9.90. The molecule has 0 unspecified atom stereocenters. The van der Waals surface area contributed by atoms with Crippen LogP contribution in [0.2, 0.25) is 0 Å². The summed E-state index contributed by atoms with van der Waals surface area (Å²) in [6.07, 6.45) is -4.72. The van der Waals surface area contributed by atoms with Crippen molar-refractivity contribution in [2.45, 2.75) is 49.8 Å². The SMILES string of the molecule is CCSC(SCC)[C@H](O)[C@H](O)[C@H](O)[C@@H](C)O. The van der Waals surface area contributed by atoms with Crippen LogP contribution in [-0.2, 0) is 0 Å². The van der Waals surface area contributed by atoms with E-state index in [4.69, 9.17) is 5.11 Å². The highest BCUT2D eigenvalue weighted by molar-refractivity contribution is 8.17. The average molecular weight is 270 g/mol. The Bertz CT molecular complexity index is 172. The number of rotatable bonds is 8. The van der Waals surface area contributed by atoms with E-state index in [1.165, 1.54) is 30.4 Å². The molecule has 4 nitrogen and oxygen atoms in total. The maximum atomic E-state index is 9.90. The van der Waals surface area contributed by atoms with E-state index in [2.05, 4.69) is 0 Å². The van der Waals surface area contributed by atoms with Gasteiger partial charge in [0.05, 0.1) is 10.7 Å². The molecule has 0 spiro atoms. The van der Waals surface area contributed by atoms with Crippen LogP contribution < -0.4 is 0 Å². The summed E-state index contributed by atoms with van der Waals surface area (Å²) in [6, 6.07) is 0. The molecule has 0 rings (SSSR count). The van der Waals surface area contributed by atoms with Gasteiger partial charge >= 0.3 is 0 Å².